The number of amides is 1. The van der Waals surface area contributed by atoms with Crippen LogP contribution >= 0.6 is 15.9 Å². The second kappa shape index (κ2) is 5.96. The van der Waals surface area contributed by atoms with Crippen molar-refractivity contribution in [2.24, 2.45) is 0 Å². The molecule has 104 valence electrons. The Hall–Kier alpha value is -2.01. The Morgan fingerprint density at radius 3 is 2.60 bits per heavy atom. The number of halogens is 1. The zero-order valence-electron chi connectivity index (χ0n) is 11.3. The molecule has 0 aromatic heterocycles. The fourth-order valence-electron chi connectivity index (χ4n) is 1.87. The van der Waals surface area contributed by atoms with Crippen LogP contribution in [0.3, 0.4) is 0 Å². The highest BCUT2D eigenvalue weighted by molar-refractivity contribution is 9.10. The van der Waals surface area contributed by atoms with Gasteiger partial charge in [0, 0.05) is 22.8 Å². The first-order valence-corrected chi connectivity index (χ1v) is 6.80. The van der Waals surface area contributed by atoms with Crippen LogP contribution in [0, 0.1) is 0 Å². The maximum absolute atomic E-state index is 12.5. The van der Waals surface area contributed by atoms with Crippen molar-refractivity contribution in [1.29, 1.82) is 0 Å². The van der Waals surface area contributed by atoms with Crippen molar-refractivity contribution in [2.75, 3.05) is 24.8 Å². The van der Waals surface area contributed by atoms with Crippen molar-refractivity contribution in [3.63, 3.8) is 0 Å². The first-order chi connectivity index (χ1) is 9.54. The number of carbonyl (C=O) groups excluding carboxylic acids is 1. The SMILES string of the molecule is COc1ccccc1N(C)C(=O)c1ccc(N)c(Br)c1. The molecular weight excluding hydrogens is 320 g/mol. The minimum atomic E-state index is -0.129. The van der Waals surface area contributed by atoms with Crippen molar-refractivity contribution in [3.8, 4) is 5.75 Å². The third-order valence-corrected chi connectivity index (χ3v) is 3.69. The van der Waals surface area contributed by atoms with Gasteiger partial charge in [0.2, 0.25) is 0 Å². The van der Waals surface area contributed by atoms with E-state index >= 15 is 0 Å². The average molecular weight is 335 g/mol. The molecule has 0 unspecified atom stereocenters. The van der Waals surface area contributed by atoms with E-state index in [1.165, 1.54) is 0 Å². The number of carbonyl (C=O) groups is 1. The molecular formula is C15H15BrN2O2. The average Bonchev–Trinajstić information content (AvgIpc) is 2.48. The summed E-state index contributed by atoms with van der Waals surface area (Å²) in [6.45, 7) is 0. The van der Waals surface area contributed by atoms with Gasteiger partial charge in [-0.15, -0.1) is 0 Å². The summed E-state index contributed by atoms with van der Waals surface area (Å²) in [5, 5.41) is 0. The molecule has 0 aliphatic rings. The third kappa shape index (κ3) is 2.77. The number of anilines is 2. The van der Waals surface area contributed by atoms with Crippen molar-refractivity contribution >= 4 is 33.2 Å². The summed E-state index contributed by atoms with van der Waals surface area (Å²) in [7, 11) is 3.29. The van der Waals surface area contributed by atoms with E-state index in [0.29, 0.717) is 27.2 Å². The van der Waals surface area contributed by atoms with Gasteiger partial charge in [0.25, 0.3) is 5.91 Å². The van der Waals surface area contributed by atoms with Crippen molar-refractivity contribution < 1.29 is 9.53 Å². The lowest BCUT2D eigenvalue weighted by molar-refractivity contribution is 0.0992. The topological polar surface area (TPSA) is 55.6 Å². The quantitative estimate of drug-likeness (QED) is 0.876. The number of para-hydroxylation sites is 2. The number of benzene rings is 2. The molecule has 0 spiro atoms. The number of hydrogen-bond donors (Lipinski definition) is 1. The maximum Gasteiger partial charge on any atom is 0.258 e. The highest BCUT2D eigenvalue weighted by atomic mass is 79.9. The number of hydrogen-bond acceptors (Lipinski definition) is 3. The standard InChI is InChI=1S/C15H15BrN2O2/c1-18(13-5-3-4-6-14(13)20-2)15(19)10-7-8-12(17)11(16)9-10/h3-9H,17H2,1-2H3. The van der Waals surface area contributed by atoms with Gasteiger partial charge in [0.1, 0.15) is 5.75 Å². The summed E-state index contributed by atoms with van der Waals surface area (Å²) in [6, 6.07) is 12.5. The van der Waals surface area contributed by atoms with Crippen LogP contribution < -0.4 is 15.4 Å². The first-order valence-electron chi connectivity index (χ1n) is 6.00. The van der Waals surface area contributed by atoms with Crippen LogP contribution in [-0.4, -0.2) is 20.1 Å². The second-order valence-corrected chi connectivity index (χ2v) is 5.13. The van der Waals surface area contributed by atoms with Gasteiger partial charge in [-0.25, -0.2) is 0 Å². The van der Waals surface area contributed by atoms with Crippen LogP contribution in [0.5, 0.6) is 5.75 Å². The van der Waals surface area contributed by atoms with Crippen LogP contribution in [0.15, 0.2) is 46.9 Å². The van der Waals surface area contributed by atoms with E-state index in [0.717, 1.165) is 0 Å². The molecule has 2 aromatic rings. The minimum Gasteiger partial charge on any atom is -0.495 e. The Morgan fingerprint density at radius 2 is 1.95 bits per heavy atom. The molecule has 1 amide bonds. The smallest absolute Gasteiger partial charge is 0.258 e. The van der Waals surface area contributed by atoms with Gasteiger partial charge in [-0.2, -0.15) is 0 Å². The summed E-state index contributed by atoms with van der Waals surface area (Å²) in [6.07, 6.45) is 0. The van der Waals surface area contributed by atoms with E-state index < -0.39 is 0 Å². The molecule has 0 radical (unpaired) electrons. The molecule has 0 fully saturated rings. The molecule has 2 N–H and O–H groups in total. The fourth-order valence-corrected chi connectivity index (χ4v) is 2.25. The van der Waals surface area contributed by atoms with E-state index in [2.05, 4.69) is 15.9 Å². The van der Waals surface area contributed by atoms with Crippen LogP contribution in [0.25, 0.3) is 0 Å². The molecule has 0 bridgehead atoms. The molecule has 0 saturated heterocycles. The molecule has 20 heavy (non-hydrogen) atoms. The van der Waals surface area contributed by atoms with Gasteiger partial charge in [-0.05, 0) is 46.3 Å². The Kier molecular flexibility index (Phi) is 4.29. The van der Waals surface area contributed by atoms with Crippen LogP contribution in [-0.2, 0) is 0 Å². The number of rotatable bonds is 3. The Balaban J connectivity index is 2.34. The fraction of sp³-hybridized carbons (Fsp3) is 0.133. The van der Waals surface area contributed by atoms with E-state index in [1.807, 2.05) is 24.3 Å². The lowest BCUT2D eigenvalue weighted by atomic mass is 10.1. The van der Waals surface area contributed by atoms with Gasteiger partial charge >= 0.3 is 0 Å². The predicted octanol–water partition coefficient (Wildman–Crippen LogP) is 3.32. The Labute approximate surface area is 126 Å². The maximum atomic E-state index is 12.5. The molecule has 0 heterocycles. The summed E-state index contributed by atoms with van der Waals surface area (Å²) in [5.74, 6) is 0.521. The number of nitrogens with zero attached hydrogens (tertiary/aromatic N) is 1. The molecule has 5 heteroatoms. The van der Waals surface area contributed by atoms with Gasteiger partial charge in [0.05, 0.1) is 12.8 Å². The highest BCUT2D eigenvalue weighted by Gasteiger charge is 2.17. The van der Waals surface area contributed by atoms with Crippen LogP contribution in [0.1, 0.15) is 10.4 Å². The number of nitrogens with two attached hydrogens (primary N) is 1. The van der Waals surface area contributed by atoms with Crippen molar-refractivity contribution in [2.45, 2.75) is 0 Å². The van der Waals surface area contributed by atoms with Crippen LogP contribution in [0.2, 0.25) is 0 Å². The minimum absolute atomic E-state index is 0.129. The van der Waals surface area contributed by atoms with E-state index in [1.54, 1.807) is 37.3 Å². The summed E-state index contributed by atoms with van der Waals surface area (Å²) >= 11 is 3.33. The van der Waals surface area contributed by atoms with Gasteiger partial charge in [0.15, 0.2) is 0 Å². The first kappa shape index (κ1) is 14.4. The molecule has 0 aliphatic carbocycles. The lowest BCUT2D eigenvalue weighted by Gasteiger charge is -2.20. The zero-order valence-corrected chi connectivity index (χ0v) is 12.8. The normalized spacial score (nSPS) is 10.2. The van der Waals surface area contributed by atoms with Gasteiger partial charge < -0.3 is 15.4 Å². The van der Waals surface area contributed by atoms with E-state index in [9.17, 15) is 4.79 Å². The summed E-state index contributed by atoms with van der Waals surface area (Å²) < 4.78 is 5.98. The van der Waals surface area contributed by atoms with Crippen LogP contribution in [0.4, 0.5) is 11.4 Å². The second-order valence-electron chi connectivity index (χ2n) is 4.27. The number of methoxy groups -OCH3 is 1. The predicted molar refractivity (Wildman–Crippen MR) is 84.3 cm³/mol. The highest BCUT2D eigenvalue weighted by Crippen LogP contribution is 2.28. The molecule has 0 saturated carbocycles. The van der Waals surface area contributed by atoms with Crippen molar-refractivity contribution in [3.05, 3.63) is 52.5 Å². The third-order valence-electron chi connectivity index (χ3n) is 3.00. The number of nitrogen functional groups attached to an aromatic ring is 1. The molecule has 4 nitrogen and oxygen atoms in total. The number of ether oxygens (including phenoxy) is 1. The molecule has 2 rings (SSSR count). The monoisotopic (exact) mass is 334 g/mol. The largest absolute Gasteiger partial charge is 0.495 e. The van der Waals surface area contributed by atoms with E-state index in [-0.39, 0.29) is 5.91 Å². The summed E-state index contributed by atoms with van der Waals surface area (Å²) in [5.41, 5.74) is 7.60. The molecule has 2 aromatic carbocycles. The molecule has 0 atom stereocenters. The Bertz CT molecular complexity index is 644. The zero-order chi connectivity index (χ0) is 14.7. The summed E-state index contributed by atoms with van der Waals surface area (Å²) in [4.78, 5) is 14.0. The van der Waals surface area contributed by atoms with Crippen molar-refractivity contribution in [1.82, 2.24) is 0 Å². The lowest BCUT2D eigenvalue weighted by Crippen LogP contribution is -2.26. The van der Waals surface area contributed by atoms with Gasteiger partial charge in [-0.3, -0.25) is 4.79 Å². The molecule has 0 aliphatic heterocycles. The van der Waals surface area contributed by atoms with E-state index in [4.69, 9.17) is 10.5 Å². The van der Waals surface area contributed by atoms with Gasteiger partial charge in [-0.1, -0.05) is 12.1 Å². The Morgan fingerprint density at radius 1 is 1.25 bits per heavy atom.